The minimum absolute atomic E-state index is 0.0632. The summed E-state index contributed by atoms with van der Waals surface area (Å²) in [5.41, 5.74) is 2.99. The van der Waals surface area contributed by atoms with Crippen LogP contribution in [-0.2, 0) is 9.59 Å². The zero-order valence-electron chi connectivity index (χ0n) is 20.7. The van der Waals surface area contributed by atoms with Gasteiger partial charge >= 0.3 is 0 Å². The van der Waals surface area contributed by atoms with Crippen molar-refractivity contribution in [2.24, 2.45) is 0 Å². The fraction of sp³-hybridized carbons (Fsp3) is 0.138. The number of methoxy groups -OCH3 is 1. The average Bonchev–Trinajstić information content (AvgIpc) is 2.92. The number of benzene rings is 3. The summed E-state index contributed by atoms with van der Waals surface area (Å²) in [6, 6.07) is 25.6. The number of anilines is 2. The van der Waals surface area contributed by atoms with Gasteiger partial charge in [-0.05, 0) is 42.8 Å². The maximum absolute atomic E-state index is 13.7. The van der Waals surface area contributed by atoms with E-state index in [1.54, 1.807) is 55.5 Å². The van der Waals surface area contributed by atoms with E-state index in [0.717, 1.165) is 0 Å². The molecule has 1 unspecified atom stereocenters. The first kappa shape index (κ1) is 26.9. The number of nitriles is 1. The van der Waals surface area contributed by atoms with Crippen molar-refractivity contribution in [2.75, 3.05) is 23.5 Å². The number of para-hydroxylation sites is 3. The quantitative estimate of drug-likeness (QED) is 0.319. The van der Waals surface area contributed by atoms with Crippen LogP contribution < -0.4 is 20.7 Å². The first-order valence-corrected chi connectivity index (χ1v) is 13.1. The second kappa shape index (κ2) is 12.4. The van der Waals surface area contributed by atoms with Gasteiger partial charge < -0.3 is 20.7 Å². The van der Waals surface area contributed by atoms with E-state index in [4.69, 9.17) is 16.3 Å². The summed E-state index contributed by atoms with van der Waals surface area (Å²) < 4.78 is 5.38. The second-order valence-electron chi connectivity index (χ2n) is 8.33. The molecular weight excluding hydrogens is 520 g/mol. The summed E-state index contributed by atoms with van der Waals surface area (Å²) in [6.07, 6.45) is 0. The molecule has 1 atom stereocenters. The Morgan fingerprint density at radius 1 is 1.03 bits per heavy atom. The van der Waals surface area contributed by atoms with Gasteiger partial charge in [-0.2, -0.15) is 5.26 Å². The van der Waals surface area contributed by atoms with Crippen LogP contribution in [0.3, 0.4) is 0 Å². The van der Waals surface area contributed by atoms with Crippen LogP contribution in [0.5, 0.6) is 5.75 Å². The Labute approximate surface area is 230 Å². The lowest BCUT2D eigenvalue weighted by Crippen LogP contribution is -2.31. The van der Waals surface area contributed by atoms with Crippen molar-refractivity contribution in [3.8, 4) is 11.8 Å². The molecule has 1 aliphatic rings. The van der Waals surface area contributed by atoms with Gasteiger partial charge in [0.25, 0.3) is 5.91 Å². The third kappa shape index (κ3) is 6.02. The molecule has 0 radical (unpaired) electrons. The number of carbonyl (C=O) groups is 2. The molecular formula is C29H25ClN4O3S. The standard InChI is InChI=1S/C29H25ClN4O3S/c1-18-26(28(36)34-23-14-8-9-15-24(23)37-2)27(20-12-6-7-13-22(20)30)21(16-31)29(32-18)38-17-25(35)33-19-10-4-3-5-11-19/h3-15,27,32H,17H2,1-2H3,(H,33,35)(H,34,36). The molecule has 3 aromatic rings. The summed E-state index contributed by atoms with van der Waals surface area (Å²) >= 11 is 7.77. The molecule has 0 aromatic heterocycles. The number of halogens is 1. The summed E-state index contributed by atoms with van der Waals surface area (Å²) in [5, 5.41) is 20.1. The van der Waals surface area contributed by atoms with Crippen molar-refractivity contribution >= 4 is 46.6 Å². The fourth-order valence-corrected chi connectivity index (χ4v) is 5.28. The number of thioether (sulfide) groups is 1. The third-order valence-corrected chi connectivity index (χ3v) is 7.23. The normalized spacial score (nSPS) is 14.8. The Hall–Kier alpha value is -4.19. The number of allylic oxidation sites excluding steroid dienone is 2. The Kier molecular flexibility index (Phi) is 8.74. The van der Waals surface area contributed by atoms with Crippen molar-refractivity contribution in [2.45, 2.75) is 12.8 Å². The highest BCUT2D eigenvalue weighted by Gasteiger charge is 2.36. The molecule has 1 aliphatic heterocycles. The monoisotopic (exact) mass is 544 g/mol. The van der Waals surface area contributed by atoms with E-state index in [1.807, 2.05) is 30.3 Å². The summed E-state index contributed by atoms with van der Waals surface area (Å²) in [4.78, 5) is 26.3. The number of dihydropyridines is 1. The predicted molar refractivity (Wildman–Crippen MR) is 152 cm³/mol. The molecule has 38 heavy (non-hydrogen) atoms. The molecule has 4 rings (SSSR count). The van der Waals surface area contributed by atoms with E-state index in [2.05, 4.69) is 22.0 Å². The molecule has 2 amide bonds. The van der Waals surface area contributed by atoms with Crippen molar-refractivity contribution in [3.63, 3.8) is 0 Å². The average molecular weight is 545 g/mol. The molecule has 7 nitrogen and oxygen atoms in total. The summed E-state index contributed by atoms with van der Waals surface area (Å²) in [5.74, 6) is -0.794. The maximum Gasteiger partial charge on any atom is 0.254 e. The minimum Gasteiger partial charge on any atom is -0.495 e. The number of hydrogen-bond acceptors (Lipinski definition) is 6. The van der Waals surface area contributed by atoms with Crippen molar-refractivity contribution < 1.29 is 14.3 Å². The first-order chi connectivity index (χ1) is 18.4. The van der Waals surface area contributed by atoms with E-state index in [9.17, 15) is 14.9 Å². The number of amides is 2. The highest BCUT2D eigenvalue weighted by atomic mass is 35.5. The van der Waals surface area contributed by atoms with Crippen LogP contribution in [0.4, 0.5) is 11.4 Å². The molecule has 0 saturated heterocycles. The Morgan fingerprint density at radius 3 is 2.42 bits per heavy atom. The topological polar surface area (TPSA) is 103 Å². The van der Waals surface area contributed by atoms with Crippen LogP contribution >= 0.6 is 23.4 Å². The molecule has 3 N–H and O–H groups in total. The number of carbonyl (C=O) groups excluding carboxylic acids is 2. The van der Waals surface area contributed by atoms with E-state index < -0.39 is 11.8 Å². The van der Waals surface area contributed by atoms with Gasteiger partial charge in [0, 0.05) is 22.0 Å². The van der Waals surface area contributed by atoms with Gasteiger partial charge in [-0.15, -0.1) is 0 Å². The number of ether oxygens (including phenoxy) is 1. The first-order valence-electron chi connectivity index (χ1n) is 11.7. The van der Waals surface area contributed by atoms with Gasteiger partial charge in [0.2, 0.25) is 5.91 Å². The smallest absolute Gasteiger partial charge is 0.254 e. The maximum atomic E-state index is 13.7. The fourth-order valence-electron chi connectivity index (χ4n) is 4.14. The molecule has 0 bridgehead atoms. The zero-order valence-corrected chi connectivity index (χ0v) is 22.3. The van der Waals surface area contributed by atoms with Crippen LogP contribution in [0.1, 0.15) is 18.4 Å². The lowest BCUT2D eigenvalue weighted by molar-refractivity contribution is -0.114. The Balaban J connectivity index is 1.67. The largest absolute Gasteiger partial charge is 0.495 e. The van der Waals surface area contributed by atoms with E-state index in [1.165, 1.54) is 18.9 Å². The summed E-state index contributed by atoms with van der Waals surface area (Å²) in [7, 11) is 1.53. The number of hydrogen-bond donors (Lipinski definition) is 3. The van der Waals surface area contributed by atoms with Crippen molar-refractivity contribution in [1.82, 2.24) is 5.32 Å². The zero-order chi connectivity index (χ0) is 27.1. The molecule has 0 saturated carbocycles. The number of rotatable bonds is 8. The predicted octanol–water partition coefficient (Wildman–Crippen LogP) is 6.06. The molecule has 3 aromatic carbocycles. The van der Waals surface area contributed by atoms with Gasteiger partial charge in [-0.25, -0.2) is 0 Å². The summed E-state index contributed by atoms with van der Waals surface area (Å²) in [6.45, 7) is 1.76. The van der Waals surface area contributed by atoms with Gasteiger partial charge in [-0.1, -0.05) is 71.9 Å². The van der Waals surface area contributed by atoms with Gasteiger partial charge in [0.15, 0.2) is 0 Å². The van der Waals surface area contributed by atoms with E-state index in [-0.39, 0.29) is 11.7 Å². The van der Waals surface area contributed by atoms with Crippen molar-refractivity contribution in [1.29, 1.82) is 5.26 Å². The number of nitrogens with one attached hydrogen (secondary N) is 3. The molecule has 192 valence electrons. The van der Waals surface area contributed by atoms with Crippen LogP contribution in [0.25, 0.3) is 0 Å². The highest BCUT2D eigenvalue weighted by Crippen LogP contribution is 2.43. The third-order valence-electron chi connectivity index (χ3n) is 5.87. The second-order valence-corrected chi connectivity index (χ2v) is 9.72. The van der Waals surface area contributed by atoms with Crippen LogP contribution in [0, 0.1) is 11.3 Å². The lowest BCUT2D eigenvalue weighted by atomic mass is 9.82. The Bertz CT molecular complexity index is 1460. The van der Waals surface area contributed by atoms with Gasteiger partial charge in [-0.3, -0.25) is 9.59 Å². The molecule has 9 heteroatoms. The lowest BCUT2D eigenvalue weighted by Gasteiger charge is -2.30. The van der Waals surface area contributed by atoms with Gasteiger partial charge in [0.1, 0.15) is 5.75 Å². The van der Waals surface area contributed by atoms with Crippen molar-refractivity contribution in [3.05, 3.63) is 111 Å². The number of nitrogens with zero attached hydrogens (tertiary/aromatic N) is 1. The van der Waals surface area contributed by atoms with E-state index >= 15 is 0 Å². The van der Waals surface area contributed by atoms with Crippen LogP contribution in [-0.4, -0.2) is 24.7 Å². The molecule has 1 heterocycles. The molecule has 0 aliphatic carbocycles. The minimum atomic E-state index is -0.746. The Morgan fingerprint density at radius 2 is 1.71 bits per heavy atom. The van der Waals surface area contributed by atoms with Gasteiger partial charge in [0.05, 0.1) is 41.1 Å². The molecule has 0 fully saturated rings. The van der Waals surface area contributed by atoms with Crippen LogP contribution in [0.15, 0.2) is 101 Å². The molecule has 0 spiro atoms. The highest BCUT2D eigenvalue weighted by molar-refractivity contribution is 8.03. The SMILES string of the molecule is COc1ccccc1NC(=O)C1=C(C)NC(SCC(=O)Nc2ccccc2)=C(C#N)C1c1ccccc1Cl. The van der Waals surface area contributed by atoms with E-state index in [0.29, 0.717) is 49.6 Å². The van der Waals surface area contributed by atoms with Crippen LogP contribution in [0.2, 0.25) is 5.02 Å².